The molecule has 5 heteroatoms. The van der Waals surface area contributed by atoms with Gasteiger partial charge in [0, 0.05) is 18.3 Å². The predicted octanol–water partition coefficient (Wildman–Crippen LogP) is 1.95. The third-order valence-electron chi connectivity index (χ3n) is 3.61. The molecule has 1 amide bonds. The van der Waals surface area contributed by atoms with E-state index in [0.717, 1.165) is 17.7 Å². The van der Waals surface area contributed by atoms with E-state index in [1.165, 1.54) is 24.3 Å². The molecule has 1 saturated heterocycles. The van der Waals surface area contributed by atoms with Gasteiger partial charge in [-0.2, -0.15) is 11.8 Å². The molecule has 1 heterocycles. The number of rotatable bonds is 6. The van der Waals surface area contributed by atoms with E-state index in [4.69, 9.17) is 5.73 Å². The molecular weight excluding hydrogens is 275 g/mol. The van der Waals surface area contributed by atoms with E-state index in [0.29, 0.717) is 19.0 Å². The molecule has 3 nitrogen and oxygen atoms in total. The highest BCUT2D eigenvalue weighted by atomic mass is 32.2. The van der Waals surface area contributed by atoms with Gasteiger partial charge in [-0.15, -0.1) is 0 Å². The van der Waals surface area contributed by atoms with Crippen LogP contribution >= 0.6 is 11.8 Å². The number of primary amides is 1. The van der Waals surface area contributed by atoms with Gasteiger partial charge in [0.15, 0.2) is 0 Å². The van der Waals surface area contributed by atoms with E-state index in [9.17, 15) is 9.18 Å². The number of nitrogens with one attached hydrogen (secondary N) is 1. The highest BCUT2D eigenvalue weighted by molar-refractivity contribution is 7.99. The summed E-state index contributed by atoms with van der Waals surface area (Å²) in [4.78, 5) is 11.5. The van der Waals surface area contributed by atoms with Gasteiger partial charge < -0.3 is 11.1 Å². The van der Waals surface area contributed by atoms with Crippen molar-refractivity contribution >= 4 is 17.7 Å². The lowest BCUT2D eigenvalue weighted by Crippen LogP contribution is -2.41. The van der Waals surface area contributed by atoms with E-state index < -0.39 is 0 Å². The monoisotopic (exact) mass is 296 g/mol. The second-order valence-corrected chi connectivity index (χ2v) is 6.40. The Morgan fingerprint density at radius 1 is 1.45 bits per heavy atom. The SMILES string of the molecule is NC(=O)[C@@H](CN[C@H]1CCCSC1)Cc1ccc(F)cc1. The second kappa shape index (κ2) is 7.64. The summed E-state index contributed by atoms with van der Waals surface area (Å²) in [5, 5.41) is 3.44. The lowest BCUT2D eigenvalue weighted by Gasteiger charge is -2.24. The molecule has 1 aromatic rings. The first-order valence-corrected chi connectivity index (χ1v) is 8.15. The Morgan fingerprint density at radius 2 is 2.20 bits per heavy atom. The van der Waals surface area contributed by atoms with Gasteiger partial charge >= 0.3 is 0 Å². The van der Waals surface area contributed by atoms with Gasteiger partial charge in [0.2, 0.25) is 5.91 Å². The Hall–Kier alpha value is -1.07. The quantitative estimate of drug-likeness (QED) is 0.843. The minimum absolute atomic E-state index is 0.243. The molecule has 0 unspecified atom stereocenters. The fraction of sp³-hybridized carbons (Fsp3) is 0.533. The number of amides is 1. The first-order valence-electron chi connectivity index (χ1n) is 7.00. The van der Waals surface area contributed by atoms with Gasteiger partial charge in [0.25, 0.3) is 0 Å². The van der Waals surface area contributed by atoms with Crippen molar-refractivity contribution in [2.75, 3.05) is 18.1 Å². The van der Waals surface area contributed by atoms with Crippen molar-refractivity contribution in [3.63, 3.8) is 0 Å². The summed E-state index contributed by atoms with van der Waals surface area (Å²) in [7, 11) is 0. The van der Waals surface area contributed by atoms with Crippen molar-refractivity contribution in [2.45, 2.75) is 25.3 Å². The maximum atomic E-state index is 12.9. The molecule has 110 valence electrons. The predicted molar refractivity (Wildman–Crippen MR) is 81.1 cm³/mol. The van der Waals surface area contributed by atoms with Gasteiger partial charge in [0.05, 0.1) is 5.92 Å². The lowest BCUT2D eigenvalue weighted by molar-refractivity contribution is -0.121. The molecule has 1 aliphatic heterocycles. The van der Waals surface area contributed by atoms with E-state index in [1.54, 1.807) is 12.1 Å². The molecule has 0 aliphatic carbocycles. The molecule has 1 aliphatic rings. The molecule has 2 rings (SSSR count). The summed E-state index contributed by atoms with van der Waals surface area (Å²) in [6, 6.07) is 6.73. The van der Waals surface area contributed by atoms with Crippen LogP contribution in [0.25, 0.3) is 0 Å². The Bertz CT molecular complexity index is 432. The summed E-state index contributed by atoms with van der Waals surface area (Å²) in [5.74, 6) is 1.52. The van der Waals surface area contributed by atoms with Crippen molar-refractivity contribution < 1.29 is 9.18 Å². The summed E-state index contributed by atoms with van der Waals surface area (Å²) in [5.41, 5.74) is 6.41. The first kappa shape index (κ1) is 15.3. The largest absolute Gasteiger partial charge is 0.369 e. The summed E-state index contributed by atoms with van der Waals surface area (Å²) in [6.07, 6.45) is 2.94. The zero-order chi connectivity index (χ0) is 14.4. The lowest BCUT2D eigenvalue weighted by atomic mass is 9.98. The molecule has 3 N–H and O–H groups in total. The van der Waals surface area contributed by atoms with Gasteiger partial charge in [-0.25, -0.2) is 4.39 Å². The molecule has 0 aromatic heterocycles. The molecule has 0 radical (unpaired) electrons. The third kappa shape index (κ3) is 4.80. The van der Waals surface area contributed by atoms with Gasteiger partial charge in [-0.1, -0.05) is 12.1 Å². The number of hydrogen-bond acceptors (Lipinski definition) is 3. The smallest absolute Gasteiger partial charge is 0.222 e. The molecule has 0 saturated carbocycles. The van der Waals surface area contributed by atoms with Crippen LogP contribution in [0.1, 0.15) is 18.4 Å². The van der Waals surface area contributed by atoms with Crippen LogP contribution in [-0.2, 0) is 11.2 Å². The van der Waals surface area contributed by atoms with Gasteiger partial charge in [0.1, 0.15) is 5.82 Å². The number of hydrogen-bond donors (Lipinski definition) is 2. The van der Waals surface area contributed by atoms with Crippen molar-refractivity contribution in [2.24, 2.45) is 11.7 Å². The zero-order valence-corrected chi connectivity index (χ0v) is 12.3. The number of nitrogens with two attached hydrogens (primary N) is 1. The van der Waals surface area contributed by atoms with Gasteiger partial charge in [-0.05, 0) is 42.7 Å². The Balaban J connectivity index is 1.86. The van der Waals surface area contributed by atoms with Crippen LogP contribution in [0.4, 0.5) is 4.39 Å². The molecule has 20 heavy (non-hydrogen) atoms. The number of benzene rings is 1. The van der Waals surface area contributed by atoms with Crippen LogP contribution < -0.4 is 11.1 Å². The number of thioether (sulfide) groups is 1. The molecule has 0 bridgehead atoms. The molecular formula is C15H21FN2OS. The standard InChI is InChI=1S/C15H21FN2OS/c16-13-5-3-11(4-6-13)8-12(15(17)19)9-18-14-2-1-7-20-10-14/h3-6,12,14,18H,1-2,7-10H2,(H2,17,19)/t12-,14+/m1/s1. The average molecular weight is 296 g/mol. The fourth-order valence-electron chi connectivity index (χ4n) is 2.39. The van der Waals surface area contributed by atoms with E-state index in [2.05, 4.69) is 5.32 Å². The van der Waals surface area contributed by atoms with Crippen molar-refractivity contribution in [1.29, 1.82) is 0 Å². The Kier molecular flexibility index (Phi) is 5.86. The van der Waals surface area contributed by atoms with E-state index in [-0.39, 0.29) is 17.6 Å². The topological polar surface area (TPSA) is 55.1 Å². The van der Waals surface area contributed by atoms with Crippen LogP contribution in [0.3, 0.4) is 0 Å². The molecule has 1 aromatic carbocycles. The highest BCUT2D eigenvalue weighted by Crippen LogP contribution is 2.17. The summed E-state index contributed by atoms with van der Waals surface area (Å²) >= 11 is 1.95. The average Bonchev–Trinajstić information content (AvgIpc) is 2.46. The summed E-state index contributed by atoms with van der Waals surface area (Å²) in [6.45, 7) is 0.595. The first-order chi connectivity index (χ1) is 9.65. The highest BCUT2D eigenvalue weighted by Gasteiger charge is 2.19. The maximum absolute atomic E-state index is 12.9. The summed E-state index contributed by atoms with van der Waals surface area (Å²) < 4.78 is 12.9. The van der Waals surface area contributed by atoms with E-state index in [1.807, 2.05) is 11.8 Å². The number of carbonyl (C=O) groups is 1. The van der Waals surface area contributed by atoms with Crippen molar-refractivity contribution in [1.82, 2.24) is 5.32 Å². The maximum Gasteiger partial charge on any atom is 0.222 e. The van der Waals surface area contributed by atoms with Crippen LogP contribution in [0.5, 0.6) is 0 Å². The molecule has 2 atom stereocenters. The van der Waals surface area contributed by atoms with E-state index >= 15 is 0 Å². The van der Waals surface area contributed by atoms with Crippen LogP contribution in [0.2, 0.25) is 0 Å². The Morgan fingerprint density at radius 3 is 2.80 bits per heavy atom. The minimum Gasteiger partial charge on any atom is -0.369 e. The Labute approximate surface area is 123 Å². The molecule has 1 fully saturated rings. The van der Waals surface area contributed by atoms with Gasteiger partial charge in [-0.3, -0.25) is 4.79 Å². The second-order valence-electron chi connectivity index (χ2n) is 5.25. The third-order valence-corrected chi connectivity index (χ3v) is 4.83. The molecule has 0 spiro atoms. The number of halogens is 1. The minimum atomic E-state index is -0.301. The van der Waals surface area contributed by atoms with Crippen LogP contribution in [0, 0.1) is 11.7 Å². The number of carbonyl (C=O) groups excluding carboxylic acids is 1. The van der Waals surface area contributed by atoms with Crippen molar-refractivity contribution in [3.05, 3.63) is 35.6 Å². The van der Waals surface area contributed by atoms with Crippen molar-refractivity contribution in [3.8, 4) is 0 Å². The fourth-order valence-corrected chi connectivity index (χ4v) is 3.50. The van der Waals surface area contributed by atoms with Crippen LogP contribution in [-0.4, -0.2) is 30.0 Å². The normalized spacial score (nSPS) is 20.6. The zero-order valence-electron chi connectivity index (χ0n) is 11.5. The van der Waals surface area contributed by atoms with Crippen LogP contribution in [0.15, 0.2) is 24.3 Å².